The molecule has 0 spiro atoms. The normalized spacial score (nSPS) is 32.0. The zero-order chi connectivity index (χ0) is 9.84. The molecule has 0 bridgehead atoms. The van der Waals surface area contributed by atoms with Crippen LogP contribution < -0.4 is 10.0 Å². The predicted molar refractivity (Wildman–Crippen MR) is 56.9 cm³/mol. The molecule has 1 rings (SSSR count). The smallest absolute Gasteiger partial charge is 0.0944 e. The lowest BCUT2D eigenvalue weighted by molar-refractivity contribution is 0.352. The van der Waals surface area contributed by atoms with Crippen molar-refractivity contribution in [3.8, 4) is 0 Å². The molecule has 1 aliphatic rings. The molecule has 0 aliphatic carbocycles. The van der Waals surface area contributed by atoms with Gasteiger partial charge in [0.25, 0.3) is 0 Å². The van der Waals surface area contributed by atoms with Gasteiger partial charge in [-0.15, -0.1) is 0 Å². The highest BCUT2D eigenvalue weighted by atomic mass is 32.2. The average molecular weight is 204 g/mol. The summed E-state index contributed by atoms with van der Waals surface area (Å²) in [7, 11) is -0.880. The minimum atomic E-state index is -0.880. The number of piperidine rings is 1. The van der Waals surface area contributed by atoms with Crippen molar-refractivity contribution in [2.75, 3.05) is 6.54 Å². The van der Waals surface area contributed by atoms with Crippen LogP contribution in [0.4, 0.5) is 0 Å². The molecule has 2 N–H and O–H groups in total. The van der Waals surface area contributed by atoms with Crippen molar-refractivity contribution in [2.45, 2.75) is 50.9 Å². The number of hydrogen-bond donors (Lipinski definition) is 2. The second-order valence-corrected chi connectivity index (χ2v) is 5.73. The molecule has 13 heavy (non-hydrogen) atoms. The molecule has 0 amide bonds. The van der Waals surface area contributed by atoms with E-state index < -0.39 is 11.0 Å². The molecule has 1 heterocycles. The average Bonchev–Trinajstić information content (AvgIpc) is 2.08. The molecular formula is C9H20N2OS. The highest BCUT2D eigenvalue weighted by Crippen LogP contribution is 2.09. The van der Waals surface area contributed by atoms with E-state index in [9.17, 15) is 4.21 Å². The fraction of sp³-hybridized carbons (Fsp3) is 1.00. The maximum Gasteiger partial charge on any atom is 0.0944 e. The Bertz CT molecular complexity index is 184. The van der Waals surface area contributed by atoms with Crippen LogP contribution in [0.25, 0.3) is 0 Å². The fourth-order valence-corrected chi connectivity index (χ4v) is 2.38. The van der Waals surface area contributed by atoms with E-state index in [-0.39, 0.29) is 5.25 Å². The van der Waals surface area contributed by atoms with Gasteiger partial charge in [0, 0.05) is 17.3 Å². The number of nitrogens with one attached hydrogen (secondary N) is 2. The van der Waals surface area contributed by atoms with E-state index in [0.717, 1.165) is 13.0 Å². The minimum absolute atomic E-state index is 0.203. The van der Waals surface area contributed by atoms with Crippen LogP contribution >= 0.6 is 0 Å². The summed E-state index contributed by atoms with van der Waals surface area (Å²) >= 11 is 0. The molecule has 1 saturated heterocycles. The first kappa shape index (κ1) is 11.1. The minimum Gasteiger partial charge on any atom is -0.313 e. The van der Waals surface area contributed by atoms with Gasteiger partial charge >= 0.3 is 0 Å². The topological polar surface area (TPSA) is 41.1 Å². The molecule has 3 nitrogen and oxygen atoms in total. The van der Waals surface area contributed by atoms with Gasteiger partial charge in [-0.3, -0.25) is 0 Å². The monoisotopic (exact) mass is 204 g/mol. The van der Waals surface area contributed by atoms with Crippen molar-refractivity contribution in [2.24, 2.45) is 0 Å². The van der Waals surface area contributed by atoms with Gasteiger partial charge in [0.05, 0.1) is 11.0 Å². The highest BCUT2D eigenvalue weighted by molar-refractivity contribution is 7.83. The third-order valence-corrected chi connectivity index (χ3v) is 3.85. The van der Waals surface area contributed by atoms with Crippen LogP contribution in [0.15, 0.2) is 0 Å². The molecule has 1 unspecified atom stereocenters. The van der Waals surface area contributed by atoms with E-state index in [1.165, 1.54) is 6.42 Å². The van der Waals surface area contributed by atoms with E-state index in [4.69, 9.17) is 0 Å². The van der Waals surface area contributed by atoms with Gasteiger partial charge in [-0.1, -0.05) is 0 Å². The standard InChI is InChI=1S/C9H20N2OS/c1-7(2)13(12)11-9-5-4-6-10-8(9)3/h7-11H,4-6H2,1-3H3/t8-,9-,13?/m1/s1. The van der Waals surface area contributed by atoms with Crippen molar-refractivity contribution >= 4 is 11.0 Å². The lowest BCUT2D eigenvalue weighted by Crippen LogP contribution is -2.51. The summed E-state index contributed by atoms with van der Waals surface area (Å²) in [6.07, 6.45) is 2.31. The maximum absolute atomic E-state index is 11.5. The number of hydrogen-bond acceptors (Lipinski definition) is 2. The molecule has 78 valence electrons. The molecular weight excluding hydrogens is 184 g/mol. The summed E-state index contributed by atoms with van der Waals surface area (Å²) in [6.45, 7) is 7.19. The molecule has 0 aromatic heterocycles. The van der Waals surface area contributed by atoms with Gasteiger partial charge in [0.15, 0.2) is 0 Å². The first-order chi connectivity index (χ1) is 6.11. The Kier molecular flexibility index (Phi) is 4.35. The summed E-state index contributed by atoms with van der Waals surface area (Å²) in [5.74, 6) is 0. The van der Waals surface area contributed by atoms with Crippen molar-refractivity contribution in [1.82, 2.24) is 10.0 Å². The Morgan fingerprint density at radius 1 is 1.54 bits per heavy atom. The molecule has 1 aliphatic heterocycles. The van der Waals surface area contributed by atoms with Crippen LogP contribution in [0.2, 0.25) is 0 Å². The quantitative estimate of drug-likeness (QED) is 0.713. The molecule has 0 radical (unpaired) electrons. The van der Waals surface area contributed by atoms with Crippen LogP contribution in [0.1, 0.15) is 33.6 Å². The van der Waals surface area contributed by atoms with Crippen molar-refractivity contribution in [1.29, 1.82) is 0 Å². The SMILES string of the molecule is CC(C)S(=O)N[C@@H]1CCCN[C@@H]1C. The van der Waals surface area contributed by atoms with Crippen molar-refractivity contribution < 1.29 is 4.21 Å². The third-order valence-electron chi connectivity index (χ3n) is 2.46. The van der Waals surface area contributed by atoms with E-state index >= 15 is 0 Å². The summed E-state index contributed by atoms with van der Waals surface area (Å²) in [5.41, 5.74) is 0. The van der Waals surface area contributed by atoms with E-state index in [1.54, 1.807) is 0 Å². The van der Waals surface area contributed by atoms with Crippen LogP contribution in [0.3, 0.4) is 0 Å². The second-order valence-electron chi connectivity index (χ2n) is 3.96. The Morgan fingerprint density at radius 3 is 2.77 bits per heavy atom. The largest absolute Gasteiger partial charge is 0.313 e. The Labute approximate surface area is 83.3 Å². The van der Waals surface area contributed by atoms with Crippen molar-refractivity contribution in [3.05, 3.63) is 0 Å². The van der Waals surface area contributed by atoms with Gasteiger partial charge in [0.2, 0.25) is 0 Å². The third kappa shape index (κ3) is 3.37. The van der Waals surface area contributed by atoms with Crippen LogP contribution in [0.5, 0.6) is 0 Å². The predicted octanol–water partition coefficient (Wildman–Crippen LogP) is 0.789. The lowest BCUT2D eigenvalue weighted by atomic mass is 10.0. The van der Waals surface area contributed by atoms with Crippen LogP contribution in [-0.4, -0.2) is 28.1 Å². The molecule has 4 heteroatoms. The molecule has 0 aromatic rings. The first-order valence-electron chi connectivity index (χ1n) is 5.01. The first-order valence-corrected chi connectivity index (χ1v) is 6.22. The molecule has 0 saturated carbocycles. The van der Waals surface area contributed by atoms with Gasteiger partial charge in [-0.05, 0) is 40.2 Å². The fourth-order valence-electron chi connectivity index (χ4n) is 1.49. The maximum atomic E-state index is 11.5. The summed E-state index contributed by atoms with van der Waals surface area (Å²) in [6, 6.07) is 0.813. The van der Waals surface area contributed by atoms with Crippen LogP contribution in [-0.2, 0) is 11.0 Å². The Balaban J connectivity index is 2.38. The summed E-state index contributed by atoms with van der Waals surface area (Å²) < 4.78 is 14.7. The van der Waals surface area contributed by atoms with Gasteiger partial charge in [0.1, 0.15) is 0 Å². The Morgan fingerprint density at radius 2 is 2.23 bits per heavy atom. The van der Waals surface area contributed by atoms with Crippen LogP contribution in [0, 0.1) is 0 Å². The highest BCUT2D eigenvalue weighted by Gasteiger charge is 2.22. The van der Waals surface area contributed by atoms with Gasteiger partial charge in [-0.2, -0.15) is 0 Å². The number of rotatable bonds is 3. The molecule has 0 aromatic carbocycles. The van der Waals surface area contributed by atoms with E-state index in [2.05, 4.69) is 17.0 Å². The van der Waals surface area contributed by atoms with Gasteiger partial charge < -0.3 is 5.32 Å². The Hall–Kier alpha value is 0.0700. The molecule has 1 fully saturated rings. The van der Waals surface area contributed by atoms with E-state index in [0.29, 0.717) is 12.1 Å². The summed E-state index contributed by atoms with van der Waals surface area (Å²) in [4.78, 5) is 0. The zero-order valence-electron chi connectivity index (χ0n) is 8.67. The lowest BCUT2D eigenvalue weighted by Gasteiger charge is -2.30. The van der Waals surface area contributed by atoms with Crippen molar-refractivity contribution in [3.63, 3.8) is 0 Å². The molecule has 3 atom stereocenters. The van der Waals surface area contributed by atoms with Gasteiger partial charge in [-0.25, -0.2) is 8.93 Å². The summed E-state index contributed by atoms with van der Waals surface area (Å²) in [5, 5.41) is 3.58. The van der Waals surface area contributed by atoms with E-state index in [1.807, 2.05) is 13.8 Å². The zero-order valence-corrected chi connectivity index (χ0v) is 9.49. The second kappa shape index (κ2) is 5.08.